The Labute approximate surface area is 111 Å². The number of unbranched alkanes of at least 4 members (excludes halogenated alkanes) is 1. The molecule has 1 atom stereocenters. The first-order valence-corrected chi connectivity index (χ1v) is 7.36. The zero-order valence-corrected chi connectivity index (χ0v) is 11.6. The molecule has 0 radical (unpaired) electrons. The molecule has 1 aromatic rings. The maximum absolute atomic E-state index is 5.96. The van der Waals surface area contributed by atoms with Crippen LogP contribution in [0.1, 0.15) is 37.3 Å². The molecule has 0 aromatic heterocycles. The first-order valence-electron chi connectivity index (χ1n) is 7.36. The van der Waals surface area contributed by atoms with Gasteiger partial charge in [0, 0.05) is 25.7 Å². The largest absolute Gasteiger partial charge is 0.329 e. The van der Waals surface area contributed by atoms with Crippen molar-refractivity contribution in [3.05, 3.63) is 35.4 Å². The van der Waals surface area contributed by atoms with E-state index >= 15 is 0 Å². The lowest BCUT2D eigenvalue weighted by atomic mass is 10.0. The van der Waals surface area contributed by atoms with Crippen LogP contribution in [0.15, 0.2) is 24.3 Å². The first kappa shape index (κ1) is 13.6. The number of fused-ring (bicyclic) bond motifs is 1. The predicted molar refractivity (Wildman–Crippen MR) is 77.8 cm³/mol. The molecular formula is C16H26N2. The molecule has 2 rings (SSSR count). The van der Waals surface area contributed by atoms with Gasteiger partial charge in [-0.15, -0.1) is 0 Å². The Morgan fingerprint density at radius 1 is 1.17 bits per heavy atom. The van der Waals surface area contributed by atoms with E-state index in [9.17, 15) is 0 Å². The fourth-order valence-electron chi connectivity index (χ4n) is 2.94. The van der Waals surface area contributed by atoms with Crippen LogP contribution < -0.4 is 5.73 Å². The minimum absolute atomic E-state index is 0.583. The summed E-state index contributed by atoms with van der Waals surface area (Å²) in [5, 5.41) is 0. The first-order chi connectivity index (χ1) is 8.85. The number of rotatable bonds is 5. The Bertz CT molecular complexity index is 335. The zero-order chi connectivity index (χ0) is 12.8. The summed E-state index contributed by atoms with van der Waals surface area (Å²) in [5.41, 5.74) is 9.03. The summed E-state index contributed by atoms with van der Waals surface area (Å²) in [7, 11) is 0. The summed E-state index contributed by atoms with van der Waals surface area (Å²) in [6.45, 7) is 5.40. The number of benzene rings is 1. The van der Waals surface area contributed by atoms with Gasteiger partial charge >= 0.3 is 0 Å². The molecule has 1 aliphatic heterocycles. The van der Waals surface area contributed by atoms with Crippen LogP contribution in [-0.4, -0.2) is 30.6 Å². The van der Waals surface area contributed by atoms with Crippen LogP contribution in [-0.2, 0) is 12.8 Å². The quantitative estimate of drug-likeness (QED) is 0.865. The molecule has 2 nitrogen and oxygen atoms in total. The van der Waals surface area contributed by atoms with E-state index in [1.54, 1.807) is 0 Å². The Morgan fingerprint density at radius 3 is 2.28 bits per heavy atom. The van der Waals surface area contributed by atoms with Gasteiger partial charge in [0.05, 0.1) is 0 Å². The molecule has 0 spiro atoms. The molecule has 0 saturated heterocycles. The third kappa shape index (κ3) is 3.33. The molecule has 1 heterocycles. The van der Waals surface area contributed by atoms with Gasteiger partial charge in [-0.2, -0.15) is 0 Å². The van der Waals surface area contributed by atoms with Crippen LogP contribution in [0.5, 0.6) is 0 Å². The lowest BCUT2D eigenvalue weighted by Crippen LogP contribution is -2.42. The average Bonchev–Trinajstić information content (AvgIpc) is 2.63. The Hall–Kier alpha value is -0.860. The van der Waals surface area contributed by atoms with Gasteiger partial charge < -0.3 is 5.73 Å². The summed E-state index contributed by atoms with van der Waals surface area (Å²) in [6, 6.07) is 9.46. The van der Waals surface area contributed by atoms with Gasteiger partial charge in [-0.25, -0.2) is 0 Å². The van der Waals surface area contributed by atoms with Gasteiger partial charge in [0.25, 0.3) is 0 Å². The minimum atomic E-state index is 0.583. The molecule has 2 N–H and O–H groups in total. The van der Waals surface area contributed by atoms with E-state index in [2.05, 4.69) is 36.1 Å². The van der Waals surface area contributed by atoms with E-state index in [0.29, 0.717) is 6.04 Å². The van der Waals surface area contributed by atoms with E-state index in [1.807, 2.05) is 0 Å². The summed E-state index contributed by atoms with van der Waals surface area (Å²) >= 11 is 0. The second-order valence-corrected chi connectivity index (χ2v) is 5.34. The molecule has 1 unspecified atom stereocenters. The van der Waals surface area contributed by atoms with Gasteiger partial charge in [0.1, 0.15) is 0 Å². The van der Waals surface area contributed by atoms with Crippen molar-refractivity contribution >= 4 is 0 Å². The summed E-state index contributed by atoms with van der Waals surface area (Å²) in [4.78, 5) is 2.61. The van der Waals surface area contributed by atoms with Crippen molar-refractivity contribution < 1.29 is 0 Å². The summed E-state index contributed by atoms with van der Waals surface area (Å²) in [6.07, 6.45) is 6.18. The molecule has 0 bridgehead atoms. The van der Waals surface area contributed by atoms with Crippen molar-refractivity contribution in [2.75, 3.05) is 19.6 Å². The normalized spacial score (nSPS) is 18.1. The molecule has 1 aromatic carbocycles. The highest BCUT2D eigenvalue weighted by Gasteiger charge is 2.19. The highest BCUT2D eigenvalue weighted by atomic mass is 15.2. The van der Waals surface area contributed by atoms with Crippen molar-refractivity contribution in [3.8, 4) is 0 Å². The van der Waals surface area contributed by atoms with E-state index < -0.39 is 0 Å². The molecule has 100 valence electrons. The molecule has 18 heavy (non-hydrogen) atoms. The maximum Gasteiger partial charge on any atom is 0.0218 e. The van der Waals surface area contributed by atoms with Crippen molar-refractivity contribution in [2.24, 2.45) is 5.73 Å². The third-order valence-corrected chi connectivity index (χ3v) is 4.13. The van der Waals surface area contributed by atoms with Gasteiger partial charge in [0.2, 0.25) is 0 Å². The second-order valence-electron chi connectivity index (χ2n) is 5.34. The SMILES string of the molecule is CCCCC(CN)N1CCc2ccccc2CC1. The molecule has 1 aliphatic rings. The Balaban J connectivity index is 1.97. The fourth-order valence-corrected chi connectivity index (χ4v) is 2.94. The average molecular weight is 246 g/mol. The minimum Gasteiger partial charge on any atom is -0.329 e. The van der Waals surface area contributed by atoms with E-state index in [-0.39, 0.29) is 0 Å². The van der Waals surface area contributed by atoms with Crippen LogP contribution in [0.4, 0.5) is 0 Å². The monoisotopic (exact) mass is 246 g/mol. The lowest BCUT2D eigenvalue weighted by Gasteiger charge is -2.29. The standard InChI is InChI=1S/C16H26N2/c1-2-3-8-16(13-17)18-11-9-14-6-4-5-7-15(14)10-12-18/h4-7,16H,2-3,8-13,17H2,1H3. The molecule has 0 saturated carbocycles. The molecule has 0 aliphatic carbocycles. The van der Waals surface area contributed by atoms with E-state index in [4.69, 9.17) is 5.73 Å². The lowest BCUT2D eigenvalue weighted by molar-refractivity contribution is 0.197. The summed E-state index contributed by atoms with van der Waals surface area (Å²) in [5.74, 6) is 0. The zero-order valence-electron chi connectivity index (χ0n) is 11.6. The molecule has 0 fully saturated rings. The van der Waals surface area contributed by atoms with Crippen molar-refractivity contribution in [2.45, 2.75) is 45.1 Å². The number of nitrogens with zero attached hydrogens (tertiary/aromatic N) is 1. The highest BCUT2D eigenvalue weighted by molar-refractivity contribution is 5.28. The van der Waals surface area contributed by atoms with Gasteiger partial charge in [-0.3, -0.25) is 4.90 Å². The molecule has 2 heteroatoms. The maximum atomic E-state index is 5.96. The Morgan fingerprint density at radius 2 is 1.78 bits per heavy atom. The van der Waals surface area contributed by atoms with Crippen molar-refractivity contribution in [1.29, 1.82) is 0 Å². The number of hydrogen-bond acceptors (Lipinski definition) is 2. The summed E-state index contributed by atoms with van der Waals surface area (Å²) < 4.78 is 0. The molecule has 0 amide bonds. The van der Waals surface area contributed by atoms with Crippen LogP contribution in [0.3, 0.4) is 0 Å². The fraction of sp³-hybridized carbons (Fsp3) is 0.625. The van der Waals surface area contributed by atoms with Crippen LogP contribution in [0.2, 0.25) is 0 Å². The van der Waals surface area contributed by atoms with Gasteiger partial charge in [0.15, 0.2) is 0 Å². The predicted octanol–water partition coefficient (Wildman–Crippen LogP) is 2.60. The van der Waals surface area contributed by atoms with E-state index in [0.717, 1.165) is 6.54 Å². The van der Waals surface area contributed by atoms with Crippen LogP contribution >= 0.6 is 0 Å². The topological polar surface area (TPSA) is 29.3 Å². The smallest absolute Gasteiger partial charge is 0.0218 e. The highest BCUT2D eigenvalue weighted by Crippen LogP contribution is 2.18. The van der Waals surface area contributed by atoms with Crippen molar-refractivity contribution in [1.82, 2.24) is 4.90 Å². The van der Waals surface area contributed by atoms with Crippen molar-refractivity contribution in [3.63, 3.8) is 0 Å². The van der Waals surface area contributed by atoms with Crippen LogP contribution in [0, 0.1) is 0 Å². The van der Waals surface area contributed by atoms with E-state index in [1.165, 1.54) is 56.3 Å². The molecular weight excluding hydrogens is 220 g/mol. The number of nitrogens with two attached hydrogens (primary N) is 1. The van der Waals surface area contributed by atoms with Gasteiger partial charge in [-0.05, 0) is 30.4 Å². The third-order valence-electron chi connectivity index (χ3n) is 4.13. The van der Waals surface area contributed by atoms with Gasteiger partial charge in [-0.1, -0.05) is 44.0 Å². The Kier molecular flexibility index (Phi) is 5.21. The van der Waals surface area contributed by atoms with Crippen LogP contribution in [0.25, 0.3) is 0 Å². The second kappa shape index (κ2) is 6.91. The number of hydrogen-bond donors (Lipinski definition) is 1.